The van der Waals surface area contributed by atoms with Crippen LogP contribution in [0.1, 0.15) is 38.5 Å². The summed E-state index contributed by atoms with van der Waals surface area (Å²) in [5.41, 5.74) is -0.645. The molecule has 2 saturated heterocycles. The van der Waals surface area contributed by atoms with Crippen LogP contribution in [-0.4, -0.2) is 53.7 Å². The molecule has 2 aliphatic heterocycles. The lowest BCUT2D eigenvalue weighted by atomic mass is 9.88. The number of piperidine rings is 1. The summed E-state index contributed by atoms with van der Waals surface area (Å²) in [5, 5.41) is 14.8. The molecule has 3 amide bonds. The number of carbonyl (C=O) groups is 2. The Kier molecular flexibility index (Phi) is 4.76. The van der Waals surface area contributed by atoms with Crippen molar-refractivity contribution in [2.45, 2.75) is 44.1 Å². The average Bonchev–Trinajstić information content (AvgIpc) is 2.63. The van der Waals surface area contributed by atoms with E-state index >= 15 is 0 Å². The van der Waals surface area contributed by atoms with Gasteiger partial charge in [-0.05, 0) is 38.8 Å². The van der Waals surface area contributed by atoms with Crippen LogP contribution in [0.3, 0.4) is 0 Å². The van der Waals surface area contributed by atoms with Gasteiger partial charge in [-0.15, -0.1) is 0 Å². The number of nitrogens with one attached hydrogen (secondary N) is 2. The minimum Gasteiger partial charge on any atom is -0.396 e. The second kappa shape index (κ2) is 6.34. The number of hydrogen-bond acceptors (Lipinski definition) is 4. The maximum Gasteiger partial charge on any atom is 0.325 e. The summed E-state index contributed by atoms with van der Waals surface area (Å²) < 4.78 is 0. The Hall–Kier alpha value is -1.14. The highest BCUT2D eigenvalue weighted by atomic mass is 16.3. The summed E-state index contributed by atoms with van der Waals surface area (Å²) in [5.74, 6) is -0.0545. The molecule has 3 N–H and O–H groups in total. The standard InChI is InChI=1S/C13H23N3O3/c17-10-4-2-1-3-9-16-11(18)13(15-12(16)19)5-7-14-8-6-13/h14,17H,1-10H2,(H,15,19). The third kappa shape index (κ3) is 3.06. The van der Waals surface area contributed by atoms with E-state index < -0.39 is 5.54 Å². The molecule has 0 bridgehead atoms. The number of unbranched alkanes of at least 4 members (excludes halogenated alkanes) is 3. The summed E-state index contributed by atoms with van der Waals surface area (Å²) in [6.07, 6.45) is 4.84. The van der Waals surface area contributed by atoms with Gasteiger partial charge in [-0.1, -0.05) is 12.8 Å². The van der Waals surface area contributed by atoms with Crippen LogP contribution in [0.15, 0.2) is 0 Å². The highest BCUT2D eigenvalue weighted by Crippen LogP contribution is 2.27. The van der Waals surface area contributed by atoms with Crippen molar-refractivity contribution in [2.75, 3.05) is 26.2 Å². The first-order valence-corrected chi connectivity index (χ1v) is 7.15. The number of rotatable bonds is 6. The third-order valence-corrected chi connectivity index (χ3v) is 3.99. The molecule has 19 heavy (non-hydrogen) atoms. The van der Waals surface area contributed by atoms with Gasteiger partial charge in [0.05, 0.1) is 0 Å². The number of urea groups is 1. The predicted octanol–water partition coefficient (Wildman–Crippen LogP) is 0.213. The highest BCUT2D eigenvalue weighted by molar-refractivity contribution is 6.07. The first kappa shape index (κ1) is 14.3. The molecule has 2 fully saturated rings. The van der Waals surface area contributed by atoms with E-state index in [0.29, 0.717) is 19.4 Å². The first-order chi connectivity index (χ1) is 9.19. The number of amides is 3. The zero-order valence-corrected chi connectivity index (χ0v) is 11.3. The van der Waals surface area contributed by atoms with Gasteiger partial charge in [0.1, 0.15) is 5.54 Å². The lowest BCUT2D eigenvalue weighted by molar-refractivity contribution is -0.132. The zero-order chi connectivity index (χ0) is 13.7. The SMILES string of the molecule is O=C1NC2(CCNCC2)C(=O)N1CCCCCCO. The van der Waals surface area contributed by atoms with Gasteiger partial charge in [-0.25, -0.2) is 4.79 Å². The molecule has 0 atom stereocenters. The number of imide groups is 1. The molecule has 0 aromatic heterocycles. The molecule has 1 spiro atoms. The van der Waals surface area contributed by atoms with E-state index in [2.05, 4.69) is 10.6 Å². The van der Waals surface area contributed by atoms with Crippen LogP contribution in [0.2, 0.25) is 0 Å². The van der Waals surface area contributed by atoms with Crippen molar-refractivity contribution in [3.63, 3.8) is 0 Å². The maximum absolute atomic E-state index is 12.4. The van der Waals surface area contributed by atoms with Crippen molar-refractivity contribution in [2.24, 2.45) is 0 Å². The Balaban J connectivity index is 1.84. The van der Waals surface area contributed by atoms with Gasteiger partial charge in [0, 0.05) is 13.2 Å². The van der Waals surface area contributed by atoms with Gasteiger partial charge in [-0.2, -0.15) is 0 Å². The zero-order valence-electron chi connectivity index (χ0n) is 11.3. The summed E-state index contributed by atoms with van der Waals surface area (Å²) in [4.78, 5) is 25.7. The second-order valence-electron chi connectivity index (χ2n) is 5.36. The Morgan fingerprint density at radius 2 is 1.79 bits per heavy atom. The Bertz CT molecular complexity index is 340. The van der Waals surface area contributed by atoms with Crippen LogP contribution < -0.4 is 10.6 Å². The van der Waals surface area contributed by atoms with E-state index in [9.17, 15) is 9.59 Å². The molecular formula is C13H23N3O3. The Morgan fingerprint density at radius 3 is 2.47 bits per heavy atom. The van der Waals surface area contributed by atoms with E-state index in [1.54, 1.807) is 0 Å². The molecule has 108 valence electrons. The first-order valence-electron chi connectivity index (χ1n) is 7.15. The van der Waals surface area contributed by atoms with Crippen molar-refractivity contribution in [3.8, 4) is 0 Å². The van der Waals surface area contributed by atoms with Crippen molar-refractivity contribution in [1.29, 1.82) is 0 Å². The maximum atomic E-state index is 12.4. The monoisotopic (exact) mass is 269 g/mol. The predicted molar refractivity (Wildman–Crippen MR) is 70.6 cm³/mol. The normalized spacial score (nSPS) is 22.1. The van der Waals surface area contributed by atoms with Gasteiger partial charge in [0.2, 0.25) is 0 Å². The molecule has 0 aromatic carbocycles. The quantitative estimate of drug-likeness (QED) is 0.476. The minimum absolute atomic E-state index is 0.0545. The molecular weight excluding hydrogens is 246 g/mol. The van der Waals surface area contributed by atoms with Crippen molar-refractivity contribution >= 4 is 11.9 Å². The van der Waals surface area contributed by atoms with Gasteiger partial charge in [-0.3, -0.25) is 9.69 Å². The fraction of sp³-hybridized carbons (Fsp3) is 0.846. The molecule has 0 saturated carbocycles. The molecule has 0 aliphatic carbocycles. The van der Waals surface area contributed by atoms with Crippen molar-refractivity contribution in [1.82, 2.24) is 15.5 Å². The molecule has 0 radical (unpaired) electrons. The second-order valence-corrected chi connectivity index (χ2v) is 5.36. The number of carbonyl (C=O) groups excluding carboxylic acids is 2. The van der Waals surface area contributed by atoms with E-state index in [-0.39, 0.29) is 18.5 Å². The summed E-state index contributed by atoms with van der Waals surface area (Å²) in [6, 6.07) is -0.242. The van der Waals surface area contributed by atoms with E-state index in [1.165, 1.54) is 4.90 Å². The molecule has 6 heteroatoms. The van der Waals surface area contributed by atoms with E-state index in [4.69, 9.17) is 5.11 Å². The highest BCUT2D eigenvalue weighted by Gasteiger charge is 2.50. The molecule has 2 heterocycles. The Morgan fingerprint density at radius 1 is 1.11 bits per heavy atom. The number of hydrogen-bond donors (Lipinski definition) is 3. The van der Waals surface area contributed by atoms with Crippen LogP contribution >= 0.6 is 0 Å². The van der Waals surface area contributed by atoms with Gasteiger partial charge in [0.15, 0.2) is 0 Å². The fourth-order valence-electron chi connectivity index (χ4n) is 2.81. The molecule has 2 rings (SSSR count). The van der Waals surface area contributed by atoms with Gasteiger partial charge >= 0.3 is 6.03 Å². The lowest BCUT2D eigenvalue weighted by Gasteiger charge is -2.31. The molecule has 0 aromatic rings. The fourth-order valence-corrected chi connectivity index (χ4v) is 2.81. The molecule has 6 nitrogen and oxygen atoms in total. The van der Waals surface area contributed by atoms with Crippen LogP contribution in [0.4, 0.5) is 4.79 Å². The lowest BCUT2D eigenvalue weighted by Crippen LogP contribution is -2.53. The summed E-state index contributed by atoms with van der Waals surface area (Å²) in [7, 11) is 0. The van der Waals surface area contributed by atoms with E-state index in [0.717, 1.165) is 38.8 Å². The number of aliphatic hydroxyl groups excluding tert-OH is 1. The van der Waals surface area contributed by atoms with Crippen molar-refractivity contribution < 1.29 is 14.7 Å². The van der Waals surface area contributed by atoms with Crippen LogP contribution in [0, 0.1) is 0 Å². The molecule has 0 unspecified atom stereocenters. The summed E-state index contributed by atoms with van der Waals surface area (Å²) in [6.45, 7) is 2.25. The third-order valence-electron chi connectivity index (χ3n) is 3.99. The topological polar surface area (TPSA) is 81.7 Å². The average molecular weight is 269 g/mol. The van der Waals surface area contributed by atoms with Crippen molar-refractivity contribution in [3.05, 3.63) is 0 Å². The van der Waals surface area contributed by atoms with Gasteiger partial charge in [0.25, 0.3) is 5.91 Å². The van der Waals surface area contributed by atoms with E-state index in [1.807, 2.05) is 0 Å². The number of aliphatic hydroxyl groups is 1. The Labute approximate surface area is 113 Å². The molecule has 2 aliphatic rings. The minimum atomic E-state index is -0.645. The number of nitrogens with zero attached hydrogens (tertiary/aromatic N) is 1. The van der Waals surface area contributed by atoms with Crippen LogP contribution in [-0.2, 0) is 4.79 Å². The van der Waals surface area contributed by atoms with Gasteiger partial charge < -0.3 is 15.7 Å². The smallest absolute Gasteiger partial charge is 0.325 e. The largest absolute Gasteiger partial charge is 0.396 e. The summed E-state index contributed by atoms with van der Waals surface area (Å²) >= 11 is 0. The van der Waals surface area contributed by atoms with Crippen LogP contribution in [0.25, 0.3) is 0 Å². The van der Waals surface area contributed by atoms with Crippen LogP contribution in [0.5, 0.6) is 0 Å².